The van der Waals surface area contributed by atoms with Crippen molar-refractivity contribution in [3.8, 4) is 12.3 Å². The molecule has 1 amide bonds. The molecule has 1 aromatic heterocycles. The molecule has 0 bridgehead atoms. The fourth-order valence-electron chi connectivity index (χ4n) is 0.928. The van der Waals surface area contributed by atoms with Gasteiger partial charge in [0.25, 0.3) is 5.91 Å². The van der Waals surface area contributed by atoms with Crippen LogP contribution < -0.4 is 5.32 Å². The van der Waals surface area contributed by atoms with Crippen molar-refractivity contribution in [2.75, 3.05) is 6.54 Å². The Bertz CT molecular complexity index is 353. The van der Waals surface area contributed by atoms with E-state index in [0.717, 1.165) is 10.9 Å². The van der Waals surface area contributed by atoms with Gasteiger partial charge >= 0.3 is 0 Å². The first-order chi connectivity index (χ1) is 6.75. The number of unbranched alkanes of at least 4 members (excludes halogenated alkanes) is 1. The molecule has 0 atom stereocenters. The van der Waals surface area contributed by atoms with Crippen LogP contribution in [0.15, 0.2) is 15.9 Å². The largest absolute Gasteiger partial charge is 0.351 e. The number of halogens is 1. The van der Waals surface area contributed by atoms with E-state index in [4.69, 9.17) is 6.42 Å². The highest BCUT2D eigenvalue weighted by Gasteiger charge is 2.09. The van der Waals surface area contributed by atoms with Crippen molar-refractivity contribution in [2.45, 2.75) is 12.8 Å². The summed E-state index contributed by atoms with van der Waals surface area (Å²) >= 11 is 4.73. The topological polar surface area (TPSA) is 29.1 Å². The minimum atomic E-state index is -0.0381. The van der Waals surface area contributed by atoms with Gasteiger partial charge in [0, 0.05) is 17.4 Å². The molecule has 14 heavy (non-hydrogen) atoms. The summed E-state index contributed by atoms with van der Waals surface area (Å²) in [6.45, 7) is 0.632. The molecule has 1 aromatic rings. The van der Waals surface area contributed by atoms with Gasteiger partial charge in [-0.05, 0) is 33.8 Å². The van der Waals surface area contributed by atoms with Gasteiger partial charge < -0.3 is 5.32 Å². The van der Waals surface area contributed by atoms with E-state index in [-0.39, 0.29) is 5.91 Å². The Labute approximate surface area is 95.8 Å². The normalized spacial score (nSPS) is 9.43. The second kappa shape index (κ2) is 5.84. The van der Waals surface area contributed by atoms with Gasteiger partial charge in [0.05, 0.1) is 0 Å². The lowest BCUT2D eigenvalue weighted by atomic mass is 10.3. The van der Waals surface area contributed by atoms with E-state index in [1.165, 1.54) is 11.3 Å². The van der Waals surface area contributed by atoms with E-state index < -0.39 is 0 Å². The SMILES string of the molecule is C#CCCCNC(=O)c1sccc1Br. The zero-order chi connectivity index (χ0) is 10.4. The highest BCUT2D eigenvalue weighted by molar-refractivity contribution is 9.10. The average molecular weight is 272 g/mol. The summed E-state index contributed by atoms with van der Waals surface area (Å²) in [4.78, 5) is 12.2. The molecule has 74 valence electrons. The maximum absolute atomic E-state index is 11.5. The number of carbonyl (C=O) groups is 1. The van der Waals surface area contributed by atoms with Crippen molar-refractivity contribution in [3.05, 3.63) is 20.8 Å². The fourth-order valence-corrected chi connectivity index (χ4v) is 2.40. The van der Waals surface area contributed by atoms with Crippen LogP contribution in [0, 0.1) is 12.3 Å². The number of thiophene rings is 1. The van der Waals surface area contributed by atoms with Gasteiger partial charge in [0.15, 0.2) is 0 Å². The third-order valence-corrected chi connectivity index (χ3v) is 3.44. The van der Waals surface area contributed by atoms with Gasteiger partial charge in [-0.2, -0.15) is 0 Å². The maximum Gasteiger partial charge on any atom is 0.262 e. The molecule has 0 fully saturated rings. The second-order valence-corrected chi connectivity index (χ2v) is 4.43. The fraction of sp³-hybridized carbons (Fsp3) is 0.300. The molecule has 1 heterocycles. The molecule has 0 saturated heterocycles. The number of hydrogen-bond donors (Lipinski definition) is 1. The molecule has 0 saturated carbocycles. The second-order valence-electron chi connectivity index (χ2n) is 2.66. The summed E-state index contributed by atoms with van der Waals surface area (Å²) < 4.78 is 0.844. The zero-order valence-electron chi connectivity index (χ0n) is 7.55. The first-order valence-corrected chi connectivity index (χ1v) is 5.87. The smallest absolute Gasteiger partial charge is 0.262 e. The van der Waals surface area contributed by atoms with E-state index in [2.05, 4.69) is 27.2 Å². The maximum atomic E-state index is 11.5. The molecule has 1 rings (SSSR count). The van der Waals surface area contributed by atoms with E-state index in [9.17, 15) is 4.79 Å². The predicted octanol–water partition coefficient (Wildman–Crippen LogP) is 2.65. The number of hydrogen-bond acceptors (Lipinski definition) is 2. The van der Waals surface area contributed by atoms with E-state index in [0.29, 0.717) is 17.8 Å². The standard InChI is InChI=1S/C10H10BrNOS/c1-2-3-4-6-12-10(13)9-8(11)5-7-14-9/h1,5,7H,3-4,6H2,(H,12,13). The molecule has 0 aliphatic heterocycles. The molecule has 0 unspecified atom stereocenters. The summed E-state index contributed by atoms with van der Waals surface area (Å²) in [6.07, 6.45) is 6.62. The van der Waals surface area contributed by atoms with Gasteiger partial charge in [0.2, 0.25) is 0 Å². The number of carbonyl (C=O) groups excluding carboxylic acids is 1. The Morgan fingerprint density at radius 1 is 1.71 bits per heavy atom. The van der Waals surface area contributed by atoms with Crippen molar-refractivity contribution < 1.29 is 4.79 Å². The van der Waals surface area contributed by atoms with Crippen LogP contribution >= 0.6 is 27.3 Å². The van der Waals surface area contributed by atoms with Gasteiger partial charge in [-0.3, -0.25) is 4.79 Å². The molecule has 0 spiro atoms. The molecule has 2 nitrogen and oxygen atoms in total. The van der Waals surface area contributed by atoms with Gasteiger partial charge in [-0.1, -0.05) is 0 Å². The van der Waals surface area contributed by atoms with Crippen LogP contribution in [-0.2, 0) is 0 Å². The number of nitrogens with one attached hydrogen (secondary N) is 1. The number of rotatable bonds is 4. The molecule has 0 aliphatic carbocycles. The molecular formula is C10H10BrNOS. The minimum Gasteiger partial charge on any atom is -0.351 e. The van der Waals surface area contributed by atoms with Crippen molar-refractivity contribution in [3.63, 3.8) is 0 Å². The Morgan fingerprint density at radius 2 is 2.50 bits per heavy atom. The quantitative estimate of drug-likeness (QED) is 0.662. The van der Waals surface area contributed by atoms with Crippen LogP contribution in [0.3, 0.4) is 0 Å². The highest BCUT2D eigenvalue weighted by atomic mass is 79.9. The monoisotopic (exact) mass is 271 g/mol. The summed E-state index contributed by atoms with van der Waals surface area (Å²) in [7, 11) is 0. The van der Waals surface area contributed by atoms with Gasteiger partial charge in [-0.25, -0.2) is 0 Å². The zero-order valence-corrected chi connectivity index (χ0v) is 9.95. The van der Waals surface area contributed by atoms with Crippen molar-refractivity contribution in [2.24, 2.45) is 0 Å². The van der Waals surface area contributed by atoms with Crippen LogP contribution in [-0.4, -0.2) is 12.5 Å². The Balaban J connectivity index is 2.37. The minimum absolute atomic E-state index is 0.0381. The van der Waals surface area contributed by atoms with Crippen LogP contribution in [0.5, 0.6) is 0 Å². The number of terminal acetylenes is 1. The van der Waals surface area contributed by atoms with Crippen LogP contribution in [0.4, 0.5) is 0 Å². The molecule has 1 N–H and O–H groups in total. The lowest BCUT2D eigenvalue weighted by Crippen LogP contribution is -2.23. The van der Waals surface area contributed by atoms with E-state index in [1.54, 1.807) is 0 Å². The van der Waals surface area contributed by atoms with Crippen molar-refractivity contribution >= 4 is 33.2 Å². The van der Waals surface area contributed by atoms with E-state index in [1.807, 2.05) is 11.4 Å². The lowest BCUT2D eigenvalue weighted by Gasteiger charge is -2.01. The lowest BCUT2D eigenvalue weighted by molar-refractivity contribution is 0.0956. The molecule has 0 aromatic carbocycles. The first-order valence-electron chi connectivity index (χ1n) is 4.20. The van der Waals surface area contributed by atoms with Crippen molar-refractivity contribution in [1.82, 2.24) is 5.32 Å². The predicted molar refractivity (Wildman–Crippen MR) is 62.4 cm³/mol. The molecule has 0 radical (unpaired) electrons. The summed E-state index contributed by atoms with van der Waals surface area (Å²) in [5.74, 6) is 2.49. The Kier molecular flexibility index (Phi) is 4.71. The Morgan fingerprint density at radius 3 is 3.07 bits per heavy atom. The third-order valence-electron chi connectivity index (χ3n) is 1.61. The average Bonchev–Trinajstić information content (AvgIpc) is 2.59. The van der Waals surface area contributed by atoms with Crippen LogP contribution in [0.2, 0.25) is 0 Å². The molecule has 0 aliphatic rings. The van der Waals surface area contributed by atoms with Gasteiger partial charge in [-0.15, -0.1) is 23.7 Å². The van der Waals surface area contributed by atoms with Gasteiger partial charge in [0.1, 0.15) is 4.88 Å². The van der Waals surface area contributed by atoms with E-state index >= 15 is 0 Å². The third kappa shape index (κ3) is 3.17. The summed E-state index contributed by atoms with van der Waals surface area (Å²) in [5.41, 5.74) is 0. The van der Waals surface area contributed by atoms with Crippen molar-refractivity contribution in [1.29, 1.82) is 0 Å². The van der Waals surface area contributed by atoms with Crippen LogP contribution in [0.1, 0.15) is 22.5 Å². The molecule has 4 heteroatoms. The summed E-state index contributed by atoms with van der Waals surface area (Å²) in [6, 6.07) is 1.86. The summed E-state index contributed by atoms with van der Waals surface area (Å²) in [5, 5.41) is 4.68. The number of amides is 1. The van der Waals surface area contributed by atoms with Crippen LogP contribution in [0.25, 0.3) is 0 Å². The first kappa shape index (κ1) is 11.3. The molecular weight excluding hydrogens is 262 g/mol. The Hall–Kier alpha value is -0.790. The highest BCUT2D eigenvalue weighted by Crippen LogP contribution is 2.22.